The largest absolute Gasteiger partial charge is 1.00 e. The fourth-order valence-electron chi connectivity index (χ4n) is 1.49. The molecular weight excluding hydrogens is 217 g/mol. The van der Waals surface area contributed by atoms with E-state index in [9.17, 15) is 9.90 Å². The maximum Gasteiger partial charge on any atom is 1.00 e. The molecule has 0 aliphatic rings. The second kappa shape index (κ2) is 6.25. The number of nitrogen functional groups attached to an aromatic ring is 1. The van der Waals surface area contributed by atoms with Crippen LogP contribution < -0.4 is 40.4 Å². The minimum absolute atomic E-state index is 0. The van der Waals surface area contributed by atoms with Crippen LogP contribution in [-0.2, 0) is 11.2 Å². The van der Waals surface area contributed by atoms with Crippen molar-refractivity contribution in [3.05, 3.63) is 28.8 Å². The van der Waals surface area contributed by atoms with Crippen molar-refractivity contribution in [3.63, 3.8) is 0 Å². The van der Waals surface area contributed by atoms with E-state index in [2.05, 4.69) is 0 Å². The number of aliphatic carboxylic acids is 1. The number of hydrogen-bond acceptors (Lipinski definition) is 4. The van der Waals surface area contributed by atoms with Crippen molar-refractivity contribution >= 4 is 11.7 Å². The zero-order valence-corrected chi connectivity index (χ0v) is 11.8. The molecule has 0 fully saturated rings. The van der Waals surface area contributed by atoms with E-state index in [1.165, 1.54) is 0 Å². The first-order chi connectivity index (χ1) is 6.91. The molecule has 5 heteroatoms. The molecule has 0 aliphatic heterocycles. The van der Waals surface area contributed by atoms with Crippen molar-refractivity contribution in [1.82, 2.24) is 0 Å². The molecule has 82 valence electrons. The van der Waals surface area contributed by atoms with Crippen LogP contribution in [0.1, 0.15) is 16.7 Å². The molecule has 0 aliphatic carbocycles. The zero-order valence-electron chi connectivity index (χ0n) is 9.78. The molecule has 1 aromatic rings. The van der Waals surface area contributed by atoms with Crippen LogP contribution in [0.5, 0.6) is 0 Å². The van der Waals surface area contributed by atoms with E-state index in [-0.39, 0.29) is 36.0 Å². The first kappa shape index (κ1) is 15.5. The number of anilines is 1. The summed E-state index contributed by atoms with van der Waals surface area (Å²) in [6.45, 7) is 3.69. The maximum atomic E-state index is 10.4. The molecule has 0 radical (unpaired) electrons. The maximum absolute atomic E-state index is 10.4. The van der Waals surface area contributed by atoms with E-state index < -0.39 is 12.1 Å². The van der Waals surface area contributed by atoms with Crippen LogP contribution in [0.4, 0.5) is 5.69 Å². The number of carboxylic acid groups (broad SMARTS) is 1. The smallest absolute Gasteiger partial charge is 0.547 e. The average molecular weight is 231 g/mol. The second-order valence-electron chi connectivity index (χ2n) is 3.68. The quantitative estimate of drug-likeness (QED) is 0.418. The molecule has 0 unspecified atom stereocenters. The van der Waals surface area contributed by atoms with Crippen molar-refractivity contribution in [2.75, 3.05) is 5.73 Å². The van der Waals surface area contributed by atoms with Gasteiger partial charge in [-0.2, -0.15) is 0 Å². The van der Waals surface area contributed by atoms with E-state index in [1.54, 1.807) is 12.1 Å². The summed E-state index contributed by atoms with van der Waals surface area (Å²) in [5, 5.41) is 19.5. The van der Waals surface area contributed by atoms with Crippen LogP contribution in [0.25, 0.3) is 0 Å². The fraction of sp³-hybridized carbons (Fsp3) is 0.364. The normalized spacial score (nSPS) is 11.7. The van der Waals surface area contributed by atoms with Gasteiger partial charge >= 0.3 is 29.6 Å². The van der Waals surface area contributed by atoms with Gasteiger partial charge in [-0.15, -0.1) is 0 Å². The van der Waals surface area contributed by atoms with Gasteiger partial charge in [0.05, 0.1) is 12.1 Å². The first-order valence-corrected chi connectivity index (χ1v) is 4.66. The number of benzene rings is 1. The average Bonchev–Trinajstić information content (AvgIpc) is 2.13. The molecule has 0 heterocycles. The fourth-order valence-corrected chi connectivity index (χ4v) is 1.49. The zero-order chi connectivity index (χ0) is 11.6. The van der Waals surface area contributed by atoms with Gasteiger partial charge in [-0.25, -0.2) is 0 Å². The summed E-state index contributed by atoms with van der Waals surface area (Å²) in [4.78, 5) is 10.4. The number of aliphatic hydroxyl groups excluding tert-OH is 1. The van der Waals surface area contributed by atoms with Gasteiger partial charge in [-0.05, 0) is 30.5 Å². The predicted molar refractivity (Wildman–Crippen MR) is 55.0 cm³/mol. The third kappa shape index (κ3) is 3.79. The van der Waals surface area contributed by atoms with E-state index in [0.717, 1.165) is 16.7 Å². The first-order valence-electron chi connectivity index (χ1n) is 4.66. The van der Waals surface area contributed by atoms with Crippen LogP contribution in [0.2, 0.25) is 0 Å². The summed E-state index contributed by atoms with van der Waals surface area (Å²) in [5.74, 6) is -1.46. The Balaban J connectivity index is 0.00000225. The summed E-state index contributed by atoms with van der Waals surface area (Å²) < 4.78 is 0. The molecule has 0 amide bonds. The second-order valence-corrected chi connectivity index (χ2v) is 3.68. The Morgan fingerprint density at radius 1 is 1.44 bits per heavy atom. The SMILES string of the molecule is Cc1cc(C[C@@H](O)C(=O)[O-])cc(C)c1N.[Na+]. The standard InChI is InChI=1S/C11H15NO3.Na/c1-6-3-8(4-7(2)10(6)12)5-9(13)11(14)15;/h3-4,9,13H,5,12H2,1-2H3,(H,14,15);/q;+1/p-1/t9-;/m1./s1. The summed E-state index contributed by atoms with van der Waals surface area (Å²) in [6, 6.07) is 3.54. The Labute approximate surface area is 117 Å². The Kier molecular flexibility index (Phi) is 6.04. The van der Waals surface area contributed by atoms with Gasteiger partial charge in [0, 0.05) is 12.1 Å². The van der Waals surface area contributed by atoms with Gasteiger partial charge in [0.15, 0.2) is 0 Å². The van der Waals surface area contributed by atoms with Gasteiger partial charge in [0.2, 0.25) is 0 Å². The van der Waals surface area contributed by atoms with Crippen LogP contribution in [0.15, 0.2) is 12.1 Å². The van der Waals surface area contributed by atoms with Gasteiger partial charge in [-0.3, -0.25) is 0 Å². The van der Waals surface area contributed by atoms with Crippen LogP contribution in [0, 0.1) is 13.8 Å². The number of carbonyl (C=O) groups is 1. The predicted octanol–water partition coefficient (Wildman–Crippen LogP) is -3.46. The molecule has 4 nitrogen and oxygen atoms in total. The minimum atomic E-state index is -1.47. The molecular formula is C11H14NNaO3. The van der Waals surface area contributed by atoms with E-state index in [0.29, 0.717) is 5.69 Å². The third-order valence-corrected chi connectivity index (χ3v) is 2.35. The van der Waals surface area contributed by atoms with Gasteiger partial charge in [0.1, 0.15) is 0 Å². The molecule has 1 atom stereocenters. The topological polar surface area (TPSA) is 86.4 Å². The molecule has 1 rings (SSSR count). The Morgan fingerprint density at radius 3 is 2.25 bits per heavy atom. The summed E-state index contributed by atoms with van der Waals surface area (Å²) in [5.41, 5.74) is 8.96. The van der Waals surface area contributed by atoms with E-state index >= 15 is 0 Å². The molecule has 16 heavy (non-hydrogen) atoms. The number of rotatable bonds is 3. The summed E-state index contributed by atoms with van der Waals surface area (Å²) >= 11 is 0. The molecule has 0 bridgehead atoms. The molecule has 3 N–H and O–H groups in total. The van der Waals surface area contributed by atoms with Gasteiger partial charge < -0.3 is 20.7 Å². The summed E-state index contributed by atoms with van der Waals surface area (Å²) in [6.07, 6.45) is -1.42. The van der Waals surface area contributed by atoms with Crippen LogP contribution in [0.3, 0.4) is 0 Å². The van der Waals surface area contributed by atoms with E-state index in [1.807, 2.05) is 13.8 Å². The van der Waals surface area contributed by atoms with Crippen molar-refractivity contribution in [1.29, 1.82) is 0 Å². The number of aryl methyl sites for hydroxylation is 2. The molecule has 0 aromatic heterocycles. The molecule has 0 spiro atoms. The number of carbonyl (C=O) groups excluding carboxylic acids is 1. The number of nitrogens with two attached hydrogens (primary N) is 1. The van der Waals surface area contributed by atoms with Crippen molar-refractivity contribution < 1.29 is 44.6 Å². The number of carboxylic acids is 1. The van der Waals surface area contributed by atoms with Crippen molar-refractivity contribution in [3.8, 4) is 0 Å². The van der Waals surface area contributed by atoms with Gasteiger partial charge in [-0.1, -0.05) is 12.1 Å². The molecule has 0 saturated carbocycles. The van der Waals surface area contributed by atoms with Crippen LogP contribution in [-0.4, -0.2) is 17.2 Å². The van der Waals surface area contributed by atoms with Gasteiger partial charge in [0.25, 0.3) is 0 Å². The Bertz CT molecular complexity index is 370. The van der Waals surface area contributed by atoms with E-state index in [4.69, 9.17) is 10.8 Å². The summed E-state index contributed by atoms with van der Waals surface area (Å²) in [7, 11) is 0. The van der Waals surface area contributed by atoms with Crippen molar-refractivity contribution in [2.45, 2.75) is 26.4 Å². The molecule has 0 saturated heterocycles. The Hall–Kier alpha value is -0.550. The number of hydrogen-bond donors (Lipinski definition) is 2. The number of aliphatic hydroxyl groups is 1. The monoisotopic (exact) mass is 231 g/mol. The third-order valence-electron chi connectivity index (χ3n) is 2.35. The minimum Gasteiger partial charge on any atom is -0.547 e. The van der Waals surface area contributed by atoms with Crippen molar-refractivity contribution in [2.24, 2.45) is 0 Å². The molecule has 1 aromatic carbocycles. The van der Waals surface area contributed by atoms with Crippen LogP contribution >= 0.6 is 0 Å². The Morgan fingerprint density at radius 2 is 1.88 bits per heavy atom.